The number of hydrazone groups is 1. The van der Waals surface area contributed by atoms with Crippen LogP contribution in [0.15, 0.2) is 68.9 Å². The molecule has 8 nitrogen and oxygen atoms in total. The summed E-state index contributed by atoms with van der Waals surface area (Å²) in [6.45, 7) is 5.85. The third-order valence-electron chi connectivity index (χ3n) is 7.32. The molecule has 196 valence electrons. The van der Waals surface area contributed by atoms with Crippen LogP contribution in [-0.2, 0) is 17.6 Å². The maximum Gasteiger partial charge on any atom is 0.380 e. The van der Waals surface area contributed by atoms with Gasteiger partial charge in [-0.2, -0.15) is 5.10 Å². The van der Waals surface area contributed by atoms with Gasteiger partial charge in [-0.05, 0) is 56.9 Å². The lowest BCUT2D eigenvalue weighted by Gasteiger charge is -2.13. The number of amides is 1. The Bertz CT molecular complexity index is 1790. The minimum absolute atomic E-state index is 0.129. The molecule has 0 aliphatic heterocycles. The van der Waals surface area contributed by atoms with Crippen molar-refractivity contribution < 1.29 is 23.2 Å². The number of nitrogens with one attached hydrogen (secondary N) is 1. The van der Waals surface area contributed by atoms with Crippen LogP contribution in [0.4, 0.5) is 0 Å². The monoisotopic (exact) mass is 521 g/mol. The average Bonchev–Trinajstić information content (AvgIpc) is 3.51. The van der Waals surface area contributed by atoms with Gasteiger partial charge in [0, 0.05) is 40.1 Å². The first kappa shape index (κ1) is 24.6. The molecule has 1 aliphatic carbocycles. The van der Waals surface area contributed by atoms with Gasteiger partial charge < -0.3 is 13.6 Å². The standard InChI is InChI=1S/C31H27N3O5/c1-17-12-13-22-21(16-37-29(22)18(17)2)15-26(35)34-33-23-9-5-10-24-27(23)19(3)30(38-24)31(36)39-25-11-4-7-20-8-6-14-32-28(20)25/h4,6-8,11-14,16H,5,9-10,15H2,1-3H3,(H,34,35)/b33-23+. The summed E-state index contributed by atoms with van der Waals surface area (Å²) < 4.78 is 17.4. The number of ether oxygens (including phenoxy) is 1. The summed E-state index contributed by atoms with van der Waals surface area (Å²) >= 11 is 0. The van der Waals surface area contributed by atoms with Crippen molar-refractivity contribution >= 4 is 39.5 Å². The van der Waals surface area contributed by atoms with E-state index >= 15 is 0 Å². The highest BCUT2D eigenvalue weighted by molar-refractivity contribution is 6.06. The fraction of sp³-hybridized carbons (Fsp3) is 0.226. The van der Waals surface area contributed by atoms with Gasteiger partial charge in [0.05, 0.1) is 18.4 Å². The number of furan rings is 2. The van der Waals surface area contributed by atoms with Crippen molar-refractivity contribution in [2.24, 2.45) is 5.10 Å². The highest BCUT2D eigenvalue weighted by atomic mass is 16.5. The number of fused-ring (bicyclic) bond motifs is 3. The maximum atomic E-state index is 13.1. The van der Waals surface area contributed by atoms with Crippen molar-refractivity contribution in [2.75, 3.05) is 0 Å². The van der Waals surface area contributed by atoms with E-state index in [-0.39, 0.29) is 18.1 Å². The van der Waals surface area contributed by atoms with Crippen LogP contribution in [0.3, 0.4) is 0 Å². The van der Waals surface area contributed by atoms with Gasteiger partial charge in [0.2, 0.25) is 11.7 Å². The molecule has 0 spiro atoms. The minimum atomic E-state index is -0.596. The van der Waals surface area contributed by atoms with Crippen LogP contribution in [0, 0.1) is 20.8 Å². The van der Waals surface area contributed by atoms with Crippen molar-refractivity contribution in [3.8, 4) is 5.75 Å². The molecule has 0 atom stereocenters. The molecule has 1 amide bonds. The fourth-order valence-electron chi connectivity index (χ4n) is 5.15. The van der Waals surface area contributed by atoms with Crippen LogP contribution in [0.2, 0.25) is 0 Å². The first-order chi connectivity index (χ1) is 18.9. The summed E-state index contributed by atoms with van der Waals surface area (Å²) in [6, 6.07) is 13.2. The SMILES string of the molecule is Cc1ccc2c(CC(=O)N/N=C3\CCCc4oc(C(=O)Oc5cccc6cccnc56)c(C)c43)coc2c1C. The van der Waals surface area contributed by atoms with E-state index in [2.05, 4.69) is 15.5 Å². The van der Waals surface area contributed by atoms with Gasteiger partial charge in [0.25, 0.3) is 0 Å². The molecule has 8 heteroatoms. The van der Waals surface area contributed by atoms with Crippen LogP contribution in [-0.4, -0.2) is 22.6 Å². The molecule has 1 aliphatic rings. The van der Waals surface area contributed by atoms with E-state index in [4.69, 9.17) is 13.6 Å². The normalized spacial score (nSPS) is 14.1. The van der Waals surface area contributed by atoms with E-state index in [0.29, 0.717) is 41.1 Å². The number of aromatic nitrogens is 1. The van der Waals surface area contributed by atoms with Gasteiger partial charge in [0.1, 0.15) is 16.9 Å². The lowest BCUT2D eigenvalue weighted by Crippen LogP contribution is -2.23. The summed E-state index contributed by atoms with van der Waals surface area (Å²) in [7, 11) is 0. The number of pyridine rings is 1. The van der Waals surface area contributed by atoms with E-state index in [1.807, 2.05) is 57.2 Å². The van der Waals surface area contributed by atoms with Gasteiger partial charge in [-0.25, -0.2) is 10.2 Å². The molecule has 0 bridgehead atoms. The number of benzene rings is 2. The smallest absolute Gasteiger partial charge is 0.380 e. The zero-order chi connectivity index (χ0) is 27.1. The van der Waals surface area contributed by atoms with Crippen molar-refractivity contribution in [1.29, 1.82) is 0 Å². The second-order valence-electron chi connectivity index (χ2n) is 9.84. The van der Waals surface area contributed by atoms with E-state index in [9.17, 15) is 9.59 Å². The van der Waals surface area contributed by atoms with Crippen molar-refractivity contribution in [3.05, 3.63) is 94.3 Å². The molecule has 6 rings (SSSR count). The van der Waals surface area contributed by atoms with Gasteiger partial charge in [-0.15, -0.1) is 0 Å². The number of esters is 1. The number of rotatable bonds is 5. The lowest BCUT2D eigenvalue weighted by atomic mass is 9.93. The zero-order valence-corrected chi connectivity index (χ0v) is 22.0. The Kier molecular flexibility index (Phi) is 6.23. The Balaban J connectivity index is 1.21. The summed E-state index contributed by atoms with van der Waals surface area (Å²) in [5.74, 6) is 0.316. The predicted molar refractivity (Wildman–Crippen MR) is 147 cm³/mol. The molecule has 0 unspecified atom stereocenters. The average molecular weight is 522 g/mol. The minimum Gasteiger partial charge on any atom is -0.464 e. The molecule has 0 radical (unpaired) electrons. The number of hydrogen-bond donors (Lipinski definition) is 1. The molecule has 2 aromatic carbocycles. The molecule has 0 saturated carbocycles. The fourth-order valence-corrected chi connectivity index (χ4v) is 5.15. The first-order valence-corrected chi connectivity index (χ1v) is 12.9. The van der Waals surface area contributed by atoms with Crippen molar-refractivity contribution in [2.45, 2.75) is 46.5 Å². The van der Waals surface area contributed by atoms with Crippen LogP contribution >= 0.6 is 0 Å². The van der Waals surface area contributed by atoms with Crippen LogP contribution in [0.1, 0.15) is 57.0 Å². The summed E-state index contributed by atoms with van der Waals surface area (Å²) in [6.07, 6.45) is 5.55. The van der Waals surface area contributed by atoms with Gasteiger partial charge in [-0.3, -0.25) is 9.78 Å². The Morgan fingerprint density at radius 1 is 1.05 bits per heavy atom. The van der Waals surface area contributed by atoms with Gasteiger partial charge >= 0.3 is 5.97 Å². The van der Waals surface area contributed by atoms with Crippen molar-refractivity contribution in [1.82, 2.24) is 10.4 Å². The van der Waals surface area contributed by atoms with Crippen molar-refractivity contribution in [3.63, 3.8) is 0 Å². The topological polar surface area (TPSA) is 107 Å². The Morgan fingerprint density at radius 2 is 1.90 bits per heavy atom. The lowest BCUT2D eigenvalue weighted by molar-refractivity contribution is -0.120. The van der Waals surface area contributed by atoms with Gasteiger partial charge in [-0.1, -0.05) is 30.3 Å². The van der Waals surface area contributed by atoms with Crippen LogP contribution in [0.25, 0.3) is 21.9 Å². The third kappa shape index (κ3) is 4.48. The maximum absolute atomic E-state index is 13.1. The highest BCUT2D eigenvalue weighted by Gasteiger charge is 2.29. The van der Waals surface area contributed by atoms with Crippen LogP contribution < -0.4 is 10.2 Å². The molecule has 1 N–H and O–H groups in total. The van der Waals surface area contributed by atoms with E-state index in [0.717, 1.165) is 45.0 Å². The molecule has 5 aromatic rings. The quantitative estimate of drug-likeness (QED) is 0.170. The van der Waals surface area contributed by atoms with E-state index in [1.165, 1.54) is 0 Å². The number of carbonyl (C=O) groups is 2. The number of nitrogens with zero attached hydrogens (tertiary/aromatic N) is 2. The Labute approximate surface area is 224 Å². The molecule has 3 heterocycles. The number of para-hydroxylation sites is 1. The largest absolute Gasteiger partial charge is 0.464 e. The number of hydrogen-bond acceptors (Lipinski definition) is 7. The third-order valence-corrected chi connectivity index (χ3v) is 7.32. The second-order valence-corrected chi connectivity index (χ2v) is 9.84. The molecule has 3 aromatic heterocycles. The zero-order valence-electron chi connectivity index (χ0n) is 22.0. The summed E-state index contributed by atoms with van der Waals surface area (Å²) in [4.78, 5) is 30.3. The van der Waals surface area contributed by atoms with E-state index < -0.39 is 5.97 Å². The van der Waals surface area contributed by atoms with E-state index in [1.54, 1.807) is 18.5 Å². The first-order valence-electron chi connectivity index (χ1n) is 12.9. The molecule has 0 fully saturated rings. The molecule has 39 heavy (non-hydrogen) atoms. The number of aryl methyl sites for hydroxylation is 3. The second kappa shape index (κ2) is 9.87. The number of carbonyl (C=O) groups excluding carboxylic acids is 2. The van der Waals surface area contributed by atoms with Crippen LogP contribution in [0.5, 0.6) is 5.75 Å². The molecule has 0 saturated heterocycles. The highest BCUT2D eigenvalue weighted by Crippen LogP contribution is 2.32. The molecular weight excluding hydrogens is 494 g/mol. The Hall–Kier alpha value is -4.72. The summed E-state index contributed by atoms with van der Waals surface area (Å²) in [5.41, 5.74) is 9.18. The summed E-state index contributed by atoms with van der Waals surface area (Å²) in [5, 5.41) is 6.24. The van der Waals surface area contributed by atoms with Gasteiger partial charge in [0.15, 0.2) is 5.75 Å². The predicted octanol–water partition coefficient (Wildman–Crippen LogP) is 6.12. The Morgan fingerprint density at radius 3 is 2.77 bits per heavy atom. The molecular formula is C31H27N3O5.